The molecule has 0 bridgehead atoms. The number of methoxy groups -OCH3 is 1. The molecule has 0 aliphatic carbocycles. The molecule has 0 fully saturated rings. The topological polar surface area (TPSA) is 64.6 Å². The van der Waals surface area contributed by atoms with E-state index >= 15 is 0 Å². The molecule has 0 radical (unpaired) electrons. The van der Waals surface area contributed by atoms with Crippen LogP contribution in [0.25, 0.3) is 0 Å². The molecular formula is C17H19NO4S. The number of ether oxygens (including phenoxy) is 2. The highest BCUT2D eigenvalue weighted by molar-refractivity contribution is 7.14. The summed E-state index contributed by atoms with van der Waals surface area (Å²) in [5, 5.41) is 4.94. The first-order valence-electron chi connectivity index (χ1n) is 7.17. The van der Waals surface area contributed by atoms with Gasteiger partial charge < -0.3 is 14.8 Å². The van der Waals surface area contributed by atoms with Gasteiger partial charge >= 0.3 is 5.97 Å². The van der Waals surface area contributed by atoms with Crippen LogP contribution < -0.4 is 10.1 Å². The smallest absolute Gasteiger partial charge is 0.340 e. The maximum absolute atomic E-state index is 12.0. The quantitative estimate of drug-likeness (QED) is 0.821. The number of carbonyl (C=O) groups excluding carboxylic acids is 2. The molecule has 0 spiro atoms. The molecule has 1 heterocycles. The van der Waals surface area contributed by atoms with E-state index in [4.69, 9.17) is 4.74 Å². The van der Waals surface area contributed by atoms with E-state index in [1.165, 1.54) is 24.0 Å². The van der Waals surface area contributed by atoms with Gasteiger partial charge in [0.1, 0.15) is 10.8 Å². The fourth-order valence-corrected chi connectivity index (χ4v) is 2.87. The molecule has 122 valence electrons. The van der Waals surface area contributed by atoms with E-state index in [2.05, 4.69) is 10.1 Å². The minimum absolute atomic E-state index is 0.200. The third-order valence-corrected chi connectivity index (χ3v) is 4.07. The third kappa shape index (κ3) is 4.56. The molecule has 1 N–H and O–H groups in total. The molecule has 6 heteroatoms. The van der Waals surface area contributed by atoms with E-state index in [1.807, 2.05) is 32.0 Å². The predicted molar refractivity (Wildman–Crippen MR) is 90.3 cm³/mol. The van der Waals surface area contributed by atoms with Crippen molar-refractivity contribution >= 4 is 28.2 Å². The van der Waals surface area contributed by atoms with Gasteiger partial charge in [0, 0.05) is 0 Å². The van der Waals surface area contributed by atoms with Crippen LogP contribution in [-0.2, 0) is 9.53 Å². The van der Waals surface area contributed by atoms with Gasteiger partial charge in [0.25, 0.3) is 0 Å². The summed E-state index contributed by atoms with van der Waals surface area (Å²) in [6.45, 7) is 4.26. The maximum Gasteiger partial charge on any atom is 0.340 e. The van der Waals surface area contributed by atoms with Crippen LogP contribution in [0.5, 0.6) is 5.75 Å². The van der Waals surface area contributed by atoms with Crippen molar-refractivity contribution in [3.63, 3.8) is 0 Å². The van der Waals surface area contributed by atoms with Crippen molar-refractivity contribution in [3.05, 3.63) is 46.3 Å². The van der Waals surface area contributed by atoms with E-state index in [1.54, 1.807) is 11.4 Å². The zero-order valence-electron chi connectivity index (χ0n) is 13.3. The normalized spacial score (nSPS) is 10.2. The van der Waals surface area contributed by atoms with Gasteiger partial charge in [-0.3, -0.25) is 4.79 Å². The van der Waals surface area contributed by atoms with Gasteiger partial charge in [-0.25, -0.2) is 4.79 Å². The number of aryl methyl sites for hydroxylation is 2. The number of carbonyl (C=O) groups is 2. The zero-order valence-corrected chi connectivity index (χ0v) is 14.2. The monoisotopic (exact) mass is 333 g/mol. The second kappa shape index (κ2) is 7.78. The van der Waals surface area contributed by atoms with Crippen molar-refractivity contribution < 1.29 is 19.1 Å². The standard InChI is InChI=1S/C17H19NO4S/c1-11-4-5-14(12(2)10-11)22-8-6-15(19)18-16-13(7-9-23-16)17(20)21-3/h4-5,7,9-10H,6,8H2,1-3H3,(H,18,19). The average Bonchev–Trinajstić information content (AvgIpc) is 2.96. The molecule has 0 aliphatic rings. The first kappa shape index (κ1) is 17.0. The number of hydrogen-bond donors (Lipinski definition) is 1. The molecule has 1 aromatic carbocycles. The van der Waals surface area contributed by atoms with Crippen LogP contribution in [-0.4, -0.2) is 25.6 Å². The van der Waals surface area contributed by atoms with E-state index < -0.39 is 5.97 Å². The Bertz CT molecular complexity index is 708. The number of hydrogen-bond acceptors (Lipinski definition) is 5. The number of anilines is 1. The number of esters is 1. The van der Waals surface area contributed by atoms with Crippen LogP contribution in [0.2, 0.25) is 0 Å². The molecule has 0 unspecified atom stereocenters. The molecular weight excluding hydrogens is 314 g/mol. The molecule has 0 atom stereocenters. The van der Waals surface area contributed by atoms with Gasteiger partial charge in [0.2, 0.25) is 5.91 Å². The lowest BCUT2D eigenvalue weighted by atomic mass is 10.1. The highest BCUT2D eigenvalue weighted by Gasteiger charge is 2.15. The number of rotatable bonds is 6. The zero-order chi connectivity index (χ0) is 16.8. The van der Waals surface area contributed by atoms with Gasteiger partial charge in [0.15, 0.2) is 0 Å². The Morgan fingerprint density at radius 1 is 1.22 bits per heavy atom. The van der Waals surface area contributed by atoms with Crippen LogP contribution in [0.1, 0.15) is 27.9 Å². The first-order valence-corrected chi connectivity index (χ1v) is 8.05. The van der Waals surface area contributed by atoms with Crippen molar-refractivity contribution in [2.45, 2.75) is 20.3 Å². The first-order chi connectivity index (χ1) is 11.0. The molecule has 2 aromatic rings. The van der Waals surface area contributed by atoms with Crippen molar-refractivity contribution in [2.24, 2.45) is 0 Å². The summed E-state index contributed by atoms with van der Waals surface area (Å²) >= 11 is 1.28. The van der Waals surface area contributed by atoms with E-state index in [9.17, 15) is 9.59 Å². The largest absolute Gasteiger partial charge is 0.493 e. The number of thiophene rings is 1. The fourth-order valence-electron chi connectivity index (χ4n) is 2.08. The van der Waals surface area contributed by atoms with Crippen molar-refractivity contribution in [1.29, 1.82) is 0 Å². The number of nitrogens with one attached hydrogen (secondary N) is 1. The Balaban J connectivity index is 1.86. The second-order valence-electron chi connectivity index (χ2n) is 5.07. The van der Waals surface area contributed by atoms with Crippen LogP contribution in [0.15, 0.2) is 29.6 Å². The third-order valence-electron chi connectivity index (χ3n) is 3.24. The Hall–Kier alpha value is -2.34. The molecule has 5 nitrogen and oxygen atoms in total. The van der Waals surface area contributed by atoms with Crippen molar-refractivity contribution in [1.82, 2.24) is 0 Å². The van der Waals surface area contributed by atoms with Crippen molar-refractivity contribution in [2.75, 3.05) is 19.0 Å². The van der Waals surface area contributed by atoms with Crippen LogP contribution in [0, 0.1) is 13.8 Å². The van der Waals surface area contributed by atoms with Gasteiger partial charge in [-0.1, -0.05) is 17.7 Å². The van der Waals surface area contributed by atoms with Gasteiger partial charge in [-0.2, -0.15) is 0 Å². The molecule has 23 heavy (non-hydrogen) atoms. The maximum atomic E-state index is 12.0. The van der Waals surface area contributed by atoms with Gasteiger partial charge in [0.05, 0.1) is 25.7 Å². The molecule has 0 saturated carbocycles. The molecule has 1 amide bonds. The summed E-state index contributed by atoms with van der Waals surface area (Å²) in [7, 11) is 1.31. The summed E-state index contributed by atoms with van der Waals surface area (Å²) in [4.78, 5) is 23.5. The lowest BCUT2D eigenvalue weighted by molar-refractivity contribution is -0.116. The highest BCUT2D eigenvalue weighted by Crippen LogP contribution is 2.24. The lowest BCUT2D eigenvalue weighted by Gasteiger charge is -2.10. The molecule has 1 aromatic heterocycles. The average molecular weight is 333 g/mol. The van der Waals surface area contributed by atoms with Gasteiger partial charge in [-0.05, 0) is 36.9 Å². The second-order valence-corrected chi connectivity index (χ2v) is 5.99. The van der Waals surface area contributed by atoms with E-state index in [0.29, 0.717) is 10.6 Å². The summed E-state index contributed by atoms with van der Waals surface area (Å²) in [6.07, 6.45) is 0.200. The SMILES string of the molecule is COC(=O)c1ccsc1NC(=O)CCOc1ccc(C)cc1C. The number of benzene rings is 1. The highest BCUT2D eigenvalue weighted by atomic mass is 32.1. The molecule has 2 rings (SSSR count). The van der Waals surface area contributed by atoms with Crippen LogP contribution in [0.3, 0.4) is 0 Å². The lowest BCUT2D eigenvalue weighted by Crippen LogP contribution is -2.16. The summed E-state index contributed by atoms with van der Waals surface area (Å²) in [5.74, 6) is 0.102. The van der Waals surface area contributed by atoms with Crippen LogP contribution >= 0.6 is 11.3 Å². The minimum atomic E-state index is -0.465. The Kier molecular flexibility index (Phi) is 5.76. The summed E-state index contributed by atoms with van der Waals surface area (Å²) in [6, 6.07) is 7.52. The van der Waals surface area contributed by atoms with Crippen LogP contribution in [0.4, 0.5) is 5.00 Å². The predicted octanol–water partition coefficient (Wildman–Crippen LogP) is 3.56. The Morgan fingerprint density at radius 3 is 2.70 bits per heavy atom. The molecule has 0 aliphatic heterocycles. The van der Waals surface area contributed by atoms with E-state index in [-0.39, 0.29) is 18.9 Å². The number of amides is 1. The van der Waals surface area contributed by atoms with Gasteiger partial charge in [-0.15, -0.1) is 11.3 Å². The Morgan fingerprint density at radius 2 is 2.00 bits per heavy atom. The van der Waals surface area contributed by atoms with E-state index in [0.717, 1.165) is 11.3 Å². The molecule has 0 saturated heterocycles. The Labute approximate surface area is 139 Å². The minimum Gasteiger partial charge on any atom is -0.493 e. The summed E-state index contributed by atoms with van der Waals surface area (Å²) < 4.78 is 10.3. The fraction of sp³-hybridized carbons (Fsp3) is 0.294. The summed E-state index contributed by atoms with van der Waals surface area (Å²) in [5.41, 5.74) is 2.57. The van der Waals surface area contributed by atoms with Crippen molar-refractivity contribution in [3.8, 4) is 5.75 Å².